The summed E-state index contributed by atoms with van der Waals surface area (Å²) in [6, 6.07) is 0. The lowest BCUT2D eigenvalue weighted by Gasteiger charge is -2.03. The zero-order chi connectivity index (χ0) is 10.6. The summed E-state index contributed by atoms with van der Waals surface area (Å²) >= 11 is 0. The maximum Gasteiger partial charge on any atom is 0.305 e. The second kappa shape index (κ2) is 10.5. The van der Waals surface area contributed by atoms with Crippen LogP contribution in [0.1, 0.15) is 51.9 Å². The normalized spacial score (nSPS) is 10.1. The smallest absolute Gasteiger partial charge is 0.305 e. The van der Waals surface area contributed by atoms with Gasteiger partial charge in [-0.15, -0.1) is 0 Å². The van der Waals surface area contributed by atoms with E-state index in [4.69, 9.17) is 9.84 Å². The minimum atomic E-state index is -0.0750. The van der Waals surface area contributed by atoms with Crippen LogP contribution in [0.3, 0.4) is 0 Å². The van der Waals surface area contributed by atoms with Gasteiger partial charge in [-0.25, -0.2) is 0 Å². The van der Waals surface area contributed by atoms with Crippen molar-refractivity contribution >= 4 is 5.97 Å². The van der Waals surface area contributed by atoms with Gasteiger partial charge in [-0.2, -0.15) is 0 Å². The van der Waals surface area contributed by atoms with Crippen molar-refractivity contribution in [3.63, 3.8) is 0 Å². The van der Waals surface area contributed by atoms with Crippen LogP contribution >= 0.6 is 0 Å². The molecule has 0 spiro atoms. The third-order valence-electron chi connectivity index (χ3n) is 2.05. The molecule has 0 atom stereocenters. The number of unbranched alkanes of at least 4 members (excludes halogenated alkanes) is 4. The number of ether oxygens (including phenoxy) is 1. The largest absolute Gasteiger partial charge is 0.466 e. The molecule has 0 aromatic carbocycles. The van der Waals surface area contributed by atoms with E-state index in [1.165, 1.54) is 0 Å². The summed E-state index contributed by atoms with van der Waals surface area (Å²) in [7, 11) is 0. The van der Waals surface area contributed by atoms with Crippen LogP contribution in [0.25, 0.3) is 0 Å². The average molecular weight is 202 g/mol. The first-order valence-corrected chi connectivity index (χ1v) is 5.57. The molecule has 0 amide bonds. The maximum atomic E-state index is 11.0. The second-order valence-electron chi connectivity index (χ2n) is 3.46. The van der Waals surface area contributed by atoms with Crippen molar-refractivity contribution < 1.29 is 14.6 Å². The number of carbonyl (C=O) groups is 1. The third kappa shape index (κ3) is 9.52. The fourth-order valence-electron chi connectivity index (χ4n) is 1.15. The van der Waals surface area contributed by atoms with Crippen LogP contribution in [0.2, 0.25) is 0 Å². The maximum absolute atomic E-state index is 11.0. The third-order valence-corrected chi connectivity index (χ3v) is 2.05. The summed E-state index contributed by atoms with van der Waals surface area (Å²) in [6.07, 6.45) is 6.31. The van der Waals surface area contributed by atoms with E-state index in [-0.39, 0.29) is 12.6 Å². The lowest BCUT2D eigenvalue weighted by Crippen LogP contribution is -2.05. The zero-order valence-electron chi connectivity index (χ0n) is 9.13. The molecule has 0 aliphatic rings. The van der Waals surface area contributed by atoms with Gasteiger partial charge in [0.2, 0.25) is 0 Å². The highest BCUT2D eigenvalue weighted by Gasteiger charge is 2.00. The fraction of sp³-hybridized carbons (Fsp3) is 0.909. The van der Waals surface area contributed by atoms with Crippen LogP contribution in [0, 0.1) is 0 Å². The number of carbonyl (C=O) groups excluding carboxylic acids is 1. The first kappa shape index (κ1) is 13.4. The van der Waals surface area contributed by atoms with Crippen LogP contribution in [-0.2, 0) is 9.53 Å². The van der Waals surface area contributed by atoms with E-state index in [0.717, 1.165) is 38.5 Å². The summed E-state index contributed by atoms with van der Waals surface area (Å²) in [5.74, 6) is -0.0750. The number of hydrogen-bond donors (Lipinski definition) is 1. The molecular formula is C11H22O3. The predicted octanol–water partition coefficient (Wildman–Crippen LogP) is 2.27. The van der Waals surface area contributed by atoms with Crippen molar-refractivity contribution in [2.75, 3.05) is 13.2 Å². The van der Waals surface area contributed by atoms with Gasteiger partial charge >= 0.3 is 5.97 Å². The van der Waals surface area contributed by atoms with Crippen LogP contribution in [0.4, 0.5) is 0 Å². The van der Waals surface area contributed by atoms with Gasteiger partial charge in [0.25, 0.3) is 0 Å². The number of esters is 1. The molecule has 0 fully saturated rings. The predicted molar refractivity (Wildman–Crippen MR) is 56.0 cm³/mol. The Morgan fingerprint density at radius 3 is 2.50 bits per heavy atom. The van der Waals surface area contributed by atoms with E-state index in [1.54, 1.807) is 0 Å². The van der Waals surface area contributed by atoms with E-state index in [1.807, 2.05) is 0 Å². The van der Waals surface area contributed by atoms with Crippen LogP contribution in [0.15, 0.2) is 0 Å². The Bertz CT molecular complexity index is 134. The molecule has 0 radical (unpaired) electrons. The number of hydrogen-bond acceptors (Lipinski definition) is 3. The Labute approximate surface area is 86.5 Å². The van der Waals surface area contributed by atoms with Gasteiger partial charge in [0, 0.05) is 13.0 Å². The first-order chi connectivity index (χ1) is 6.81. The molecule has 84 valence electrons. The van der Waals surface area contributed by atoms with E-state index in [0.29, 0.717) is 13.0 Å². The minimum absolute atomic E-state index is 0.0750. The van der Waals surface area contributed by atoms with Gasteiger partial charge in [0.05, 0.1) is 6.61 Å². The van der Waals surface area contributed by atoms with Crippen molar-refractivity contribution in [3.8, 4) is 0 Å². The molecule has 0 aromatic rings. The van der Waals surface area contributed by atoms with Gasteiger partial charge in [0.1, 0.15) is 0 Å². The van der Waals surface area contributed by atoms with Crippen molar-refractivity contribution in [3.05, 3.63) is 0 Å². The van der Waals surface area contributed by atoms with E-state index >= 15 is 0 Å². The van der Waals surface area contributed by atoms with Crippen molar-refractivity contribution in [1.29, 1.82) is 0 Å². The summed E-state index contributed by atoms with van der Waals surface area (Å²) in [5, 5.41) is 8.52. The fourth-order valence-corrected chi connectivity index (χ4v) is 1.15. The Morgan fingerprint density at radius 1 is 1.14 bits per heavy atom. The van der Waals surface area contributed by atoms with Gasteiger partial charge in [-0.3, -0.25) is 4.79 Å². The molecular weight excluding hydrogens is 180 g/mol. The molecule has 0 saturated heterocycles. The Balaban J connectivity index is 3.07. The second-order valence-corrected chi connectivity index (χ2v) is 3.46. The van der Waals surface area contributed by atoms with E-state index < -0.39 is 0 Å². The molecule has 0 aliphatic carbocycles. The van der Waals surface area contributed by atoms with Gasteiger partial charge in [0.15, 0.2) is 0 Å². The van der Waals surface area contributed by atoms with Crippen molar-refractivity contribution in [2.45, 2.75) is 51.9 Å². The molecule has 0 aliphatic heterocycles. The zero-order valence-corrected chi connectivity index (χ0v) is 9.13. The molecule has 0 bridgehead atoms. The van der Waals surface area contributed by atoms with Crippen molar-refractivity contribution in [2.24, 2.45) is 0 Å². The molecule has 0 saturated carbocycles. The van der Waals surface area contributed by atoms with E-state index in [9.17, 15) is 4.79 Å². The van der Waals surface area contributed by atoms with Gasteiger partial charge in [-0.1, -0.05) is 19.8 Å². The number of aliphatic hydroxyl groups is 1. The monoisotopic (exact) mass is 202 g/mol. The quantitative estimate of drug-likeness (QED) is 0.461. The summed E-state index contributed by atoms with van der Waals surface area (Å²) in [5.41, 5.74) is 0. The van der Waals surface area contributed by atoms with Crippen LogP contribution in [-0.4, -0.2) is 24.3 Å². The lowest BCUT2D eigenvalue weighted by atomic mass is 10.2. The average Bonchev–Trinajstić information content (AvgIpc) is 2.20. The molecule has 3 nitrogen and oxygen atoms in total. The standard InChI is InChI=1S/C11H22O3/c1-2-3-8-11(13)14-10-7-5-4-6-9-12/h12H,2-10H2,1H3. The van der Waals surface area contributed by atoms with E-state index in [2.05, 4.69) is 6.92 Å². The minimum Gasteiger partial charge on any atom is -0.466 e. The topological polar surface area (TPSA) is 46.5 Å². The highest BCUT2D eigenvalue weighted by atomic mass is 16.5. The Hall–Kier alpha value is -0.570. The number of aliphatic hydroxyl groups excluding tert-OH is 1. The summed E-state index contributed by atoms with van der Waals surface area (Å²) < 4.78 is 5.02. The van der Waals surface area contributed by atoms with Crippen molar-refractivity contribution in [1.82, 2.24) is 0 Å². The summed E-state index contributed by atoms with van der Waals surface area (Å²) in [4.78, 5) is 11.0. The molecule has 1 N–H and O–H groups in total. The lowest BCUT2D eigenvalue weighted by molar-refractivity contribution is -0.143. The SMILES string of the molecule is CCCCC(=O)OCCCCCCO. The highest BCUT2D eigenvalue weighted by Crippen LogP contribution is 2.01. The highest BCUT2D eigenvalue weighted by molar-refractivity contribution is 5.69. The Morgan fingerprint density at radius 2 is 1.86 bits per heavy atom. The molecule has 0 heterocycles. The molecule has 14 heavy (non-hydrogen) atoms. The molecule has 3 heteroatoms. The van der Waals surface area contributed by atoms with Gasteiger partial charge in [-0.05, 0) is 25.7 Å². The number of rotatable bonds is 9. The summed E-state index contributed by atoms with van der Waals surface area (Å²) in [6.45, 7) is 2.85. The molecule has 0 aromatic heterocycles. The first-order valence-electron chi connectivity index (χ1n) is 5.57. The van der Waals surface area contributed by atoms with Gasteiger partial charge < -0.3 is 9.84 Å². The molecule has 0 unspecified atom stereocenters. The molecule has 0 rings (SSSR count). The van der Waals surface area contributed by atoms with Crippen LogP contribution < -0.4 is 0 Å². The van der Waals surface area contributed by atoms with Crippen LogP contribution in [0.5, 0.6) is 0 Å². The Kier molecular flexibility index (Phi) is 10.1.